The molecular formula is C13H12ClNO3. The maximum absolute atomic E-state index is 11.1. The average Bonchev–Trinajstić information content (AvgIpc) is 2.37. The molecule has 0 aliphatic carbocycles. The fourth-order valence-corrected chi connectivity index (χ4v) is 1.40. The van der Waals surface area contributed by atoms with E-state index in [0.29, 0.717) is 21.9 Å². The van der Waals surface area contributed by atoms with Gasteiger partial charge in [0.2, 0.25) is 0 Å². The van der Waals surface area contributed by atoms with Gasteiger partial charge in [-0.3, -0.25) is 0 Å². The third-order valence-electron chi connectivity index (χ3n) is 2.21. The van der Waals surface area contributed by atoms with Crippen LogP contribution < -0.4 is 4.74 Å². The number of nitriles is 1. The Morgan fingerprint density at radius 2 is 2.28 bits per heavy atom. The van der Waals surface area contributed by atoms with Gasteiger partial charge in [0.15, 0.2) is 0 Å². The van der Waals surface area contributed by atoms with Crippen molar-refractivity contribution < 1.29 is 14.3 Å². The van der Waals surface area contributed by atoms with Crippen LogP contribution in [0.3, 0.4) is 0 Å². The molecule has 0 atom stereocenters. The van der Waals surface area contributed by atoms with E-state index in [1.807, 2.05) is 6.07 Å². The van der Waals surface area contributed by atoms with Gasteiger partial charge >= 0.3 is 5.97 Å². The first-order valence-corrected chi connectivity index (χ1v) is 5.53. The van der Waals surface area contributed by atoms with E-state index in [9.17, 15) is 4.79 Å². The molecule has 94 valence electrons. The maximum atomic E-state index is 11.1. The van der Waals surface area contributed by atoms with Gasteiger partial charge < -0.3 is 9.47 Å². The van der Waals surface area contributed by atoms with Gasteiger partial charge in [0.1, 0.15) is 18.4 Å². The van der Waals surface area contributed by atoms with Crippen LogP contribution in [0.1, 0.15) is 12.5 Å². The van der Waals surface area contributed by atoms with Crippen LogP contribution in [0.2, 0.25) is 5.02 Å². The summed E-state index contributed by atoms with van der Waals surface area (Å²) in [5.41, 5.74) is 0.863. The second-order valence-corrected chi connectivity index (χ2v) is 3.85. The van der Waals surface area contributed by atoms with Crippen LogP contribution in [0.25, 0.3) is 0 Å². The number of benzene rings is 1. The summed E-state index contributed by atoms with van der Waals surface area (Å²) >= 11 is 5.85. The third-order valence-corrected chi connectivity index (χ3v) is 2.52. The van der Waals surface area contributed by atoms with E-state index in [1.54, 1.807) is 31.2 Å². The van der Waals surface area contributed by atoms with Crippen molar-refractivity contribution in [3.8, 4) is 11.8 Å². The van der Waals surface area contributed by atoms with E-state index in [0.717, 1.165) is 0 Å². The van der Waals surface area contributed by atoms with Crippen LogP contribution in [0, 0.1) is 11.3 Å². The lowest BCUT2D eigenvalue weighted by Crippen LogP contribution is -2.04. The molecule has 1 rings (SSSR count). The SMILES string of the molecule is COC(=O)/C(C)=C/COc1ccc(C#N)c(Cl)c1. The number of hydrogen-bond acceptors (Lipinski definition) is 4. The summed E-state index contributed by atoms with van der Waals surface area (Å²) < 4.78 is 9.92. The Labute approximate surface area is 110 Å². The Balaban J connectivity index is 2.63. The number of carbonyl (C=O) groups is 1. The number of carbonyl (C=O) groups excluding carboxylic acids is 1. The van der Waals surface area contributed by atoms with Crippen LogP contribution >= 0.6 is 11.6 Å². The molecular weight excluding hydrogens is 254 g/mol. The van der Waals surface area contributed by atoms with Crippen LogP contribution in [0.4, 0.5) is 0 Å². The minimum absolute atomic E-state index is 0.225. The first-order valence-electron chi connectivity index (χ1n) is 5.16. The summed E-state index contributed by atoms with van der Waals surface area (Å²) in [6, 6.07) is 6.74. The molecule has 0 radical (unpaired) electrons. The van der Waals surface area contributed by atoms with Crippen molar-refractivity contribution in [3.63, 3.8) is 0 Å². The molecule has 0 aliphatic rings. The molecule has 0 aromatic heterocycles. The summed E-state index contributed by atoms with van der Waals surface area (Å²) in [6.07, 6.45) is 1.61. The molecule has 5 heteroatoms. The van der Waals surface area contributed by atoms with E-state index in [2.05, 4.69) is 4.74 Å². The normalized spacial score (nSPS) is 10.7. The zero-order valence-corrected chi connectivity index (χ0v) is 10.8. The van der Waals surface area contributed by atoms with Crippen molar-refractivity contribution >= 4 is 17.6 Å². The first-order chi connectivity index (χ1) is 8.58. The van der Waals surface area contributed by atoms with Crippen LogP contribution in [0.15, 0.2) is 29.8 Å². The molecule has 18 heavy (non-hydrogen) atoms. The number of rotatable bonds is 4. The number of esters is 1. The molecule has 0 saturated carbocycles. The second-order valence-electron chi connectivity index (χ2n) is 3.44. The zero-order valence-electron chi connectivity index (χ0n) is 10.1. The van der Waals surface area contributed by atoms with Gasteiger partial charge in [0.05, 0.1) is 17.7 Å². The summed E-state index contributed by atoms with van der Waals surface area (Å²) in [4.78, 5) is 11.1. The molecule has 0 unspecified atom stereocenters. The van der Waals surface area contributed by atoms with Gasteiger partial charge in [-0.25, -0.2) is 4.79 Å². The predicted octanol–water partition coefficient (Wildman–Crippen LogP) is 2.71. The highest BCUT2D eigenvalue weighted by molar-refractivity contribution is 6.31. The van der Waals surface area contributed by atoms with Crippen molar-refractivity contribution in [2.75, 3.05) is 13.7 Å². The van der Waals surface area contributed by atoms with Crippen molar-refractivity contribution in [2.45, 2.75) is 6.92 Å². The first kappa shape index (κ1) is 14.1. The molecule has 0 N–H and O–H groups in total. The van der Waals surface area contributed by atoms with Gasteiger partial charge in [0, 0.05) is 11.6 Å². The number of hydrogen-bond donors (Lipinski definition) is 0. The Kier molecular flexibility index (Phi) is 5.22. The molecule has 1 aromatic rings. The van der Waals surface area contributed by atoms with Gasteiger partial charge in [-0.2, -0.15) is 5.26 Å². The van der Waals surface area contributed by atoms with Crippen molar-refractivity contribution in [2.24, 2.45) is 0 Å². The molecule has 0 amide bonds. The topological polar surface area (TPSA) is 59.3 Å². The lowest BCUT2D eigenvalue weighted by molar-refractivity contribution is -0.136. The van der Waals surface area contributed by atoms with Gasteiger partial charge in [-0.1, -0.05) is 11.6 Å². The smallest absolute Gasteiger partial charge is 0.333 e. The number of methoxy groups -OCH3 is 1. The molecule has 0 fully saturated rings. The number of nitrogens with zero attached hydrogens (tertiary/aromatic N) is 1. The van der Waals surface area contributed by atoms with Crippen LogP contribution in [-0.2, 0) is 9.53 Å². The van der Waals surface area contributed by atoms with Crippen molar-refractivity contribution in [1.29, 1.82) is 5.26 Å². The van der Waals surface area contributed by atoms with E-state index >= 15 is 0 Å². The predicted molar refractivity (Wildman–Crippen MR) is 67.4 cm³/mol. The summed E-state index contributed by atoms with van der Waals surface area (Å²) in [5.74, 6) is 0.143. The van der Waals surface area contributed by atoms with Crippen LogP contribution in [0.5, 0.6) is 5.75 Å². The largest absolute Gasteiger partial charge is 0.489 e. The number of halogens is 1. The fourth-order valence-electron chi connectivity index (χ4n) is 1.18. The highest BCUT2D eigenvalue weighted by Crippen LogP contribution is 2.21. The number of ether oxygens (including phenoxy) is 2. The van der Waals surface area contributed by atoms with Crippen molar-refractivity contribution in [1.82, 2.24) is 0 Å². The Bertz CT molecular complexity index is 517. The molecule has 0 saturated heterocycles. The molecule has 0 bridgehead atoms. The second kappa shape index (κ2) is 6.67. The van der Waals surface area contributed by atoms with Gasteiger partial charge in [-0.15, -0.1) is 0 Å². The summed E-state index contributed by atoms with van der Waals surface area (Å²) in [6.45, 7) is 1.87. The minimum Gasteiger partial charge on any atom is -0.489 e. The monoisotopic (exact) mass is 265 g/mol. The highest BCUT2D eigenvalue weighted by atomic mass is 35.5. The lowest BCUT2D eigenvalue weighted by Gasteiger charge is -2.05. The Morgan fingerprint density at radius 1 is 1.56 bits per heavy atom. The van der Waals surface area contributed by atoms with E-state index < -0.39 is 5.97 Å². The quantitative estimate of drug-likeness (QED) is 0.620. The Hall–Kier alpha value is -1.99. The van der Waals surface area contributed by atoms with Gasteiger partial charge in [0.25, 0.3) is 0 Å². The standard InChI is InChI=1S/C13H12ClNO3/c1-9(13(16)17-2)5-6-18-11-4-3-10(8-15)12(14)7-11/h3-5,7H,6H2,1-2H3/b9-5+. The maximum Gasteiger partial charge on any atom is 0.333 e. The highest BCUT2D eigenvalue weighted by Gasteiger charge is 2.03. The van der Waals surface area contributed by atoms with E-state index in [1.165, 1.54) is 7.11 Å². The minimum atomic E-state index is -0.392. The Morgan fingerprint density at radius 3 is 2.83 bits per heavy atom. The van der Waals surface area contributed by atoms with Crippen LogP contribution in [-0.4, -0.2) is 19.7 Å². The lowest BCUT2D eigenvalue weighted by atomic mass is 10.2. The zero-order chi connectivity index (χ0) is 13.5. The van der Waals surface area contributed by atoms with Crippen molar-refractivity contribution in [3.05, 3.63) is 40.4 Å². The molecule has 1 aromatic carbocycles. The summed E-state index contributed by atoms with van der Waals surface area (Å²) in [5, 5.41) is 9.05. The molecule has 4 nitrogen and oxygen atoms in total. The molecule has 0 aliphatic heterocycles. The third kappa shape index (κ3) is 3.79. The molecule has 0 heterocycles. The molecule has 0 spiro atoms. The summed E-state index contributed by atoms with van der Waals surface area (Å²) in [7, 11) is 1.32. The van der Waals surface area contributed by atoms with Gasteiger partial charge in [-0.05, 0) is 25.1 Å². The fraction of sp³-hybridized carbons (Fsp3) is 0.231. The average molecular weight is 266 g/mol. The van der Waals surface area contributed by atoms with E-state index in [4.69, 9.17) is 21.6 Å². The van der Waals surface area contributed by atoms with E-state index in [-0.39, 0.29) is 6.61 Å².